The minimum Gasteiger partial charge on any atom is -0.451 e. The van der Waals surface area contributed by atoms with Crippen molar-refractivity contribution in [2.24, 2.45) is 0 Å². The molecule has 0 atom stereocenters. The molecule has 0 bridgehead atoms. The molecule has 1 heterocycles. The van der Waals surface area contributed by atoms with Crippen LogP contribution in [-0.2, 0) is 14.3 Å². The number of aromatic nitrogens is 4. The normalized spacial score (nSPS) is 11.2. The van der Waals surface area contributed by atoms with Gasteiger partial charge in [-0.1, -0.05) is 36.4 Å². The Morgan fingerprint density at radius 3 is 2.59 bits per heavy atom. The number of anilines is 1. The topological polar surface area (TPSA) is 99.0 Å². The summed E-state index contributed by atoms with van der Waals surface area (Å²) in [6.07, 6.45) is 1.60. The fraction of sp³-hybridized carbons (Fsp3) is 0.150. The van der Waals surface area contributed by atoms with Crippen LogP contribution in [0.5, 0.6) is 0 Å². The second-order valence-corrected chi connectivity index (χ2v) is 7.04. The second kappa shape index (κ2) is 9.24. The number of ether oxygens (including phenoxy) is 1. The largest absolute Gasteiger partial charge is 0.451 e. The average molecular weight is 456 g/mol. The van der Waals surface area contributed by atoms with Crippen molar-refractivity contribution < 1.29 is 14.3 Å². The van der Waals surface area contributed by atoms with Gasteiger partial charge in [-0.3, -0.25) is 4.79 Å². The van der Waals surface area contributed by atoms with Gasteiger partial charge in [-0.25, -0.2) is 4.79 Å². The minimum absolute atomic E-state index is 0.100. The molecule has 0 fully saturated rings. The number of amides is 1. The Morgan fingerprint density at radius 2 is 1.93 bits per heavy atom. The molecule has 3 rings (SSSR count). The number of nitrogens with one attached hydrogen (secondary N) is 1. The van der Waals surface area contributed by atoms with Crippen LogP contribution < -0.4 is 5.32 Å². The van der Waals surface area contributed by atoms with Gasteiger partial charge in [-0.05, 0) is 69.5 Å². The first-order valence-corrected chi connectivity index (χ1v) is 9.48. The smallest absolute Gasteiger partial charge is 0.357 e. The van der Waals surface area contributed by atoms with Crippen molar-refractivity contribution >= 4 is 45.3 Å². The number of rotatable bonds is 6. The maximum Gasteiger partial charge on any atom is 0.357 e. The highest BCUT2D eigenvalue weighted by molar-refractivity contribution is 9.10. The third-order valence-electron chi connectivity index (χ3n) is 3.90. The maximum atomic E-state index is 12.7. The summed E-state index contributed by atoms with van der Waals surface area (Å²) in [5, 5.41) is 13.9. The number of aryl methyl sites for hydroxylation is 2. The molecule has 29 heavy (non-hydrogen) atoms. The van der Waals surface area contributed by atoms with Crippen LogP contribution in [0.4, 0.5) is 5.69 Å². The summed E-state index contributed by atoms with van der Waals surface area (Å²) in [7, 11) is 0. The van der Waals surface area contributed by atoms with E-state index in [-0.39, 0.29) is 5.70 Å². The lowest BCUT2D eigenvalue weighted by Crippen LogP contribution is -2.23. The lowest BCUT2D eigenvalue weighted by atomic mass is 10.2. The Hall–Kier alpha value is -3.33. The van der Waals surface area contributed by atoms with Gasteiger partial charge < -0.3 is 10.1 Å². The molecule has 0 aliphatic carbocycles. The zero-order chi connectivity index (χ0) is 20.8. The predicted molar refractivity (Wildman–Crippen MR) is 112 cm³/mol. The van der Waals surface area contributed by atoms with Gasteiger partial charge in [-0.15, -0.1) is 5.10 Å². The zero-order valence-electron chi connectivity index (χ0n) is 15.8. The van der Waals surface area contributed by atoms with Gasteiger partial charge in [0.25, 0.3) is 5.91 Å². The molecule has 1 N–H and O–H groups in total. The molecule has 0 aliphatic heterocycles. The number of nitrogens with zero attached hydrogens (tertiary/aromatic N) is 4. The van der Waals surface area contributed by atoms with Crippen LogP contribution in [0.1, 0.15) is 17.0 Å². The molecule has 9 heteroatoms. The van der Waals surface area contributed by atoms with E-state index in [4.69, 9.17) is 4.74 Å². The molecule has 0 saturated carbocycles. The van der Waals surface area contributed by atoms with E-state index in [1.54, 1.807) is 19.1 Å². The van der Waals surface area contributed by atoms with Crippen molar-refractivity contribution in [3.63, 3.8) is 0 Å². The molecule has 0 radical (unpaired) electrons. The van der Waals surface area contributed by atoms with Crippen LogP contribution in [0.2, 0.25) is 0 Å². The van der Waals surface area contributed by atoms with E-state index in [1.165, 1.54) is 4.68 Å². The molecule has 0 aliphatic rings. The summed E-state index contributed by atoms with van der Waals surface area (Å²) in [5.41, 5.74) is 2.51. The molecule has 1 amide bonds. The monoisotopic (exact) mass is 455 g/mol. The van der Waals surface area contributed by atoms with Gasteiger partial charge in [0.1, 0.15) is 0 Å². The van der Waals surface area contributed by atoms with Crippen LogP contribution in [0, 0.1) is 13.8 Å². The first-order valence-electron chi connectivity index (χ1n) is 8.69. The highest BCUT2D eigenvalue weighted by Crippen LogP contribution is 2.23. The van der Waals surface area contributed by atoms with E-state index >= 15 is 0 Å². The number of tetrazole rings is 1. The summed E-state index contributed by atoms with van der Waals surface area (Å²) in [6.45, 7) is 3.15. The van der Waals surface area contributed by atoms with Crippen LogP contribution in [0.15, 0.2) is 53.0 Å². The maximum absolute atomic E-state index is 12.7. The predicted octanol–water partition coefficient (Wildman–Crippen LogP) is 3.23. The molecule has 1 aromatic heterocycles. The summed E-state index contributed by atoms with van der Waals surface area (Å²) < 4.78 is 7.21. The van der Waals surface area contributed by atoms with Crippen molar-refractivity contribution in [2.75, 3.05) is 11.9 Å². The van der Waals surface area contributed by atoms with Gasteiger partial charge >= 0.3 is 5.97 Å². The lowest BCUT2D eigenvalue weighted by Gasteiger charge is -2.10. The Morgan fingerprint density at radius 1 is 1.17 bits per heavy atom. The zero-order valence-corrected chi connectivity index (χ0v) is 17.4. The quantitative estimate of drug-likeness (QED) is 0.452. The van der Waals surface area contributed by atoms with Crippen molar-refractivity contribution in [1.82, 2.24) is 20.2 Å². The number of carbonyl (C=O) groups excluding carboxylic acids is 2. The Balaban J connectivity index is 1.73. The van der Waals surface area contributed by atoms with Crippen molar-refractivity contribution in [2.45, 2.75) is 13.8 Å². The standard InChI is InChI=1S/C20H18BrN5O3/c1-13-8-9-17(16(21)10-13)22-19(27)12-29-20(28)18(26-14(2)23-24-25-26)11-15-6-4-3-5-7-15/h3-11H,12H2,1-2H3,(H,22,27)/b18-11-. The fourth-order valence-electron chi connectivity index (χ4n) is 2.48. The third-order valence-corrected chi connectivity index (χ3v) is 4.55. The molecule has 8 nitrogen and oxygen atoms in total. The van der Waals surface area contributed by atoms with Crippen molar-refractivity contribution in [3.8, 4) is 0 Å². The Kier molecular flexibility index (Phi) is 6.50. The number of esters is 1. The van der Waals surface area contributed by atoms with Gasteiger partial charge in [0.05, 0.1) is 5.69 Å². The third kappa shape index (κ3) is 5.35. The van der Waals surface area contributed by atoms with E-state index in [9.17, 15) is 9.59 Å². The van der Waals surface area contributed by atoms with E-state index < -0.39 is 18.5 Å². The van der Waals surface area contributed by atoms with Crippen LogP contribution in [-0.4, -0.2) is 38.7 Å². The van der Waals surface area contributed by atoms with Gasteiger partial charge in [0.15, 0.2) is 18.1 Å². The van der Waals surface area contributed by atoms with E-state index in [2.05, 4.69) is 36.8 Å². The van der Waals surface area contributed by atoms with Gasteiger partial charge in [0.2, 0.25) is 0 Å². The molecule has 148 valence electrons. The second-order valence-electron chi connectivity index (χ2n) is 6.19. The highest BCUT2D eigenvalue weighted by Gasteiger charge is 2.19. The molecule has 3 aromatic rings. The van der Waals surface area contributed by atoms with Crippen molar-refractivity contribution in [1.29, 1.82) is 0 Å². The summed E-state index contributed by atoms with van der Waals surface area (Å²) in [4.78, 5) is 24.9. The minimum atomic E-state index is -0.720. The number of halogens is 1. The molecular weight excluding hydrogens is 438 g/mol. The summed E-state index contributed by atoms with van der Waals surface area (Å²) in [5.74, 6) is -0.769. The average Bonchev–Trinajstić information content (AvgIpc) is 3.13. The van der Waals surface area contributed by atoms with Crippen LogP contribution in [0.25, 0.3) is 11.8 Å². The summed E-state index contributed by atoms with van der Waals surface area (Å²) >= 11 is 3.39. The number of hydrogen-bond donors (Lipinski definition) is 1. The fourth-order valence-corrected chi connectivity index (χ4v) is 3.07. The number of hydrogen-bond acceptors (Lipinski definition) is 6. The SMILES string of the molecule is Cc1ccc(NC(=O)COC(=O)/C(=C/c2ccccc2)n2nnnc2C)c(Br)c1. The van der Waals surface area contributed by atoms with Crippen molar-refractivity contribution in [3.05, 3.63) is 70.0 Å². The Labute approximate surface area is 175 Å². The van der Waals surface area contributed by atoms with Gasteiger partial charge in [-0.2, -0.15) is 4.68 Å². The molecule has 0 saturated heterocycles. The highest BCUT2D eigenvalue weighted by atomic mass is 79.9. The lowest BCUT2D eigenvalue weighted by molar-refractivity contribution is -0.141. The van der Waals surface area contributed by atoms with Crippen LogP contribution >= 0.6 is 15.9 Å². The Bertz CT molecular complexity index is 1060. The first-order chi connectivity index (χ1) is 13.9. The molecule has 2 aromatic carbocycles. The van der Waals surface area contributed by atoms with E-state index in [0.29, 0.717) is 11.5 Å². The molecule has 0 spiro atoms. The van der Waals surface area contributed by atoms with E-state index in [0.717, 1.165) is 15.6 Å². The molecular formula is C20H18BrN5O3. The number of benzene rings is 2. The first kappa shape index (κ1) is 20.4. The van der Waals surface area contributed by atoms with Crippen LogP contribution in [0.3, 0.4) is 0 Å². The van der Waals surface area contributed by atoms with Gasteiger partial charge in [0, 0.05) is 4.47 Å². The van der Waals surface area contributed by atoms with E-state index in [1.807, 2.05) is 49.4 Å². The summed E-state index contributed by atoms with van der Waals surface area (Å²) in [6, 6.07) is 14.7. The number of carbonyl (C=O) groups is 2. The molecule has 0 unspecified atom stereocenters.